The molecule has 6 nitrogen and oxygen atoms in total. The third kappa shape index (κ3) is 1.54. The molecule has 0 aliphatic rings. The first-order valence-electron chi connectivity index (χ1n) is 5.14. The van der Waals surface area contributed by atoms with Crippen molar-refractivity contribution in [1.29, 1.82) is 0 Å². The minimum Gasteiger partial charge on any atom is -0.369 e. The highest BCUT2D eigenvalue weighted by molar-refractivity contribution is 6.32. The van der Waals surface area contributed by atoms with Gasteiger partial charge in [0.2, 0.25) is 5.95 Å². The lowest BCUT2D eigenvalue weighted by molar-refractivity contribution is 1.06. The summed E-state index contributed by atoms with van der Waals surface area (Å²) in [5.41, 5.74) is 6.45. The zero-order chi connectivity index (χ0) is 12.7. The summed E-state index contributed by atoms with van der Waals surface area (Å²) in [6.45, 7) is 0. The Hall–Kier alpha value is -2.34. The van der Waals surface area contributed by atoms with Crippen LogP contribution in [0, 0.1) is 0 Å². The molecule has 0 saturated carbocycles. The summed E-state index contributed by atoms with van der Waals surface area (Å²) in [6, 6.07) is 7.21. The molecule has 0 aliphatic heterocycles. The Morgan fingerprint density at radius 2 is 2.11 bits per heavy atom. The van der Waals surface area contributed by atoms with Crippen LogP contribution in [0.3, 0.4) is 0 Å². The molecule has 18 heavy (non-hydrogen) atoms. The second-order valence-corrected chi connectivity index (χ2v) is 4.10. The SMILES string of the molecule is Nc1nc2c(ncn2-c2ccccc2Cl)c(=O)[nH]1. The van der Waals surface area contributed by atoms with Crippen molar-refractivity contribution >= 4 is 28.7 Å². The molecule has 0 aliphatic carbocycles. The van der Waals surface area contributed by atoms with Gasteiger partial charge in [-0.2, -0.15) is 4.98 Å². The monoisotopic (exact) mass is 261 g/mol. The first kappa shape index (κ1) is 10.8. The first-order valence-corrected chi connectivity index (χ1v) is 5.52. The van der Waals surface area contributed by atoms with E-state index in [-0.39, 0.29) is 17.0 Å². The molecule has 0 unspecified atom stereocenters. The average molecular weight is 262 g/mol. The van der Waals surface area contributed by atoms with E-state index in [1.165, 1.54) is 6.33 Å². The van der Waals surface area contributed by atoms with Crippen LogP contribution in [0.4, 0.5) is 5.95 Å². The molecule has 3 N–H and O–H groups in total. The Balaban J connectivity index is 2.38. The molecule has 7 heteroatoms. The van der Waals surface area contributed by atoms with Gasteiger partial charge in [0, 0.05) is 0 Å². The maximum atomic E-state index is 11.6. The lowest BCUT2D eigenvalue weighted by atomic mass is 10.3. The van der Waals surface area contributed by atoms with Crippen LogP contribution in [0.2, 0.25) is 5.02 Å². The number of hydrogen-bond acceptors (Lipinski definition) is 4. The number of fused-ring (bicyclic) bond motifs is 1. The van der Waals surface area contributed by atoms with Gasteiger partial charge in [0.05, 0.1) is 10.7 Å². The van der Waals surface area contributed by atoms with Crippen molar-refractivity contribution in [2.45, 2.75) is 0 Å². The third-order valence-electron chi connectivity index (χ3n) is 2.54. The first-order chi connectivity index (χ1) is 8.66. The van der Waals surface area contributed by atoms with Crippen LogP contribution < -0.4 is 11.3 Å². The molecule has 0 bridgehead atoms. The van der Waals surface area contributed by atoms with Crippen LogP contribution in [0.5, 0.6) is 0 Å². The quantitative estimate of drug-likeness (QED) is 0.692. The number of hydrogen-bond donors (Lipinski definition) is 2. The molecule has 0 amide bonds. The largest absolute Gasteiger partial charge is 0.369 e. The van der Waals surface area contributed by atoms with Gasteiger partial charge in [-0.25, -0.2) is 4.98 Å². The molecule has 3 rings (SSSR count). The molecular weight excluding hydrogens is 254 g/mol. The number of anilines is 1. The lowest BCUT2D eigenvalue weighted by Crippen LogP contribution is -2.12. The summed E-state index contributed by atoms with van der Waals surface area (Å²) in [7, 11) is 0. The number of rotatable bonds is 1. The maximum Gasteiger partial charge on any atom is 0.280 e. The smallest absolute Gasteiger partial charge is 0.280 e. The van der Waals surface area contributed by atoms with Gasteiger partial charge in [-0.1, -0.05) is 23.7 Å². The summed E-state index contributed by atoms with van der Waals surface area (Å²) in [5.74, 6) is 0.0429. The number of nitrogens with zero attached hydrogens (tertiary/aromatic N) is 3. The number of nitrogen functional groups attached to an aromatic ring is 1. The lowest BCUT2D eigenvalue weighted by Gasteiger charge is -2.05. The molecule has 90 valence electrons. The third-order valence-corrected chi connectivity index (χ3v) is 2.86. The Bertz CT molecular complexity index is 791. The normalized spacial score (nSPS) is 10.9. The molecule has 0 fully saturated rings. The average Bonchev–Trinajstić information content (AvgIpc) is 2.73. The zero-order valence-corrected chi connectivity index (χ0v) is 9.85. The summed E-state index contributed by atoms with van der Waals surface area (Å²) < 4.78 is 1.63. The van der Waals surface area contributed by atoms with Crippen LogP contribution in [0.25, 0.3) is 16.9 Å². The van der Waals surface area contributed by atoms with Crippen molar-refractivity contribution in [1.82, 2.24) is 19.5 Å². The van der Waals surface area contributed by atoms with Crippen molar-refractivity contribution in [3.63, 3.8) is 0 Å². The molecule has 3 aromatic rings. The number of H-pyrrole nitrogens is 1. The number of benzene rings is 1. The fraction of sp³-hybridized carbons (Fsp3) is 0. The Kier molecular flexibility index (Phi) is 2.31. The van der Waals surface area contributed by atoms with Crippen molar-refractivity contribution in [3.05, 3.63) is 46.0 Å². The number of imidazole rings is 1. The van der Waals surface area contributed by atoms with Crippen LogP contribution >= 0.6 is 11.6 Å². The van der Waals surface area contributed by atoms with Crippen LogP contribution in [0.1, 0.15) is 0 Å². The molecule has 2 heterocycles. The summed E-state index contributed by atoms with van der Waals surface area (Å²) in [4.78, 5) is 22.1. The molecule has 2 aromatic heterocycles. The second kappa shape index (κ2) is 3.85. The van der Waals surface area contributed by atoms with E-state index in [1.54, 1.807) is 10.6 Å². The van der Waals surface area contributed by atoms with Crippen molar-refractivity contribution < 1.29 is 0 Å². The minimum atomic E-state index is -0.372. The Labute approximate surface area is 106 Å². The van der Waals surface area contributed by atoms with Gasteiger partial charge in [0.25, 0.3) is 5.56 Å². The van der Waals surface area contributed by atoms with E-state index in [0.717, 1.165) is 0 Å². The molecule has 1 aromatic carbocycles. The maximum absolute atomic E-state index is 11.6. The van der Waals surface area contributed by atoms with Crippen LogP contribution in [-0.2, 0) is 0 Å². The predicted molar refractivity (Wildman–Crippen MR) is 68.9 cm³/mol. The number of aromatic nitrogens is 4. The van der Waals surface area contributed by atoms with Gasteiger partial charge in [-0.05, 0) is 12.1 Å². The topological polar surface area (TPSA) is 89.6 Å². The molecule has 0 atom stereocenters. The molecular formula is C11H8ClN5O. The van der Waals surface area contributed by atoms with E-state index in [9.17, 15) is 4.79 Å². The highest BCUT2D eigenvalue weighted by atomic mass is 35.5. The Morgan fingerprint density at radius 3 is 2.89 bits per heavy atom. The molecule has 0 saturated heterocycles. The van der Waals surface area contributed by atoms with E-state index in [4.69, 9.17) is 17.3 Å². The van der Waals surface area contributed by atoms with Gasteiger partial charge in [-0.3, -0.25) is 14.3 Å². The van der Waals surface area contributed by atoms with E-state index >= 15 is 0 Å². The van der Waals surface area contributed by atoms with E-state index in [2.05, 4.69) is 15.0 Å². The number of para-hydroxylation sites is 1. The number of halogens is 1. The van der Waals surface area contributed by atoms with Gasteiger partial charge >= 0.3 is 0 Å². The zero-order valence-electron chi connectivity index (χ0n) is 9.09. The number of nitrogens with one attached hydrogen (secondary N) is 1. The number of aromatic amines is 1. The molecule has 0 spiro atoms. The summed E-state index contributed by atoms with van der Waals surface area (Å²) >= 11 is 6.10. The highest BCUT2D eigenvalue weighted by Gasteiger charge is 2.11. The van der Waals surface area contributed by atoms with Gasteiger partial charge in [0.1, 0.15) is 6.33 Å². The van der Waals surface area contributed by atoms with Gasteiger partial charge in [-0.15, -0.1) is 0 Å². The second-order valence-electron chi connectivity index (χ2n) is 3.69. The van der Waals surface area contributed by atoms with Crippen molar-refractivity contribution in [2.24, 2.45) is 0 Å². The van der Waals surface area contributed by atoms with E-state index in [1.807, 2.05) is 18.2 Å². The molecule has 0 radical (unpaired) electrons. The Morgan fingerprint density at radius 1 is 1.33 bits per heavy atom. The summed E-state index contributed by atoms with van der Waals surface area (Å²) in [5, 5.41) is 0.539. The van der Waals surface area contributed by atoms with Crippen molar-refractivity contribution in [2.75, 3.05) is 5.73 Å². The van der Waals surface area contributed by atoms with Gasteiger partial charge < -0.3 is 5.73 Å². The number of nitrogens with two attached hydrogens (primary N) is 1. The van der Waals surface area contributed by atoms with Gasteiger partial charge in [0.15, 0.2) is 11.2 Å². The van der Waals surface area contributed by atoms with E-state index in [0.29, 0.717) is 16.4 Å². The standard InChI is InChI=1S/C11H8ClN5O/c12-6-3-1-2-4-7(6)17-5-14-8-9(17)15-11(13)16-10(8)18/h1-5H,(H3,13,15,16,18). The van der Waals surface area contributed by atoms with Crippen LogP contribution in [0.15, 0.2) is 35.4 Å². The van der Waals surface area contributed by atoms with Crippen LogP contribution in [-0.4, -0.2) is 19.5 Å². The minimum absolute atomic E-state index is 0.0429. The fourth-order valence-corrected chi connectivity index (χ4v) is 1.98. The predicted octanol–water partition coefficient (Wildman–Crippen LogP) is 1.34. The fourth-order valence-electron chi connectivity index (χ4n) is 1.75. The summed E-state index contributed by atoms with van der Waals surface area (Å²) in [6.07, 6.45) is 1.49. The van der Waals surface area contributed by atoms with E-state index < -0.39 is 0 Å². The van der Waals surface area contributed by atoms with Crippen molar-refractivity contribution in [3.8, 4) is 5.69 Å². The highest BCUT2D eigenvalue weighted by Crippen LogP contribution is 2.22.